The molecule has 1 amide bonds. The Kier molecular flexibility index (Phi) is 6.23. The summed E-state index contributed by atoms with van der Waals surface area (Å²) in [6, 6.07) is 17.8. The summed E-state index contributed by atoms with van der Waals surface area (Å²) in [6.45, 7) is 6.62. The van der Waals surface area contributed by atoms with Crippen LogP contribution in [0.5, 0.6) is 0 Å². The molecular weight excluding hydrogens is 408 g/mol. The molecule has 0 spiro atoms. The highest BCUT2D eigenvalue weighted by atomic mass is 32.2. The molecule has 0 bridgehead atoms. The molecule has 0 saturated carbocycles. The van der Waals surface area contributed by atoms with Crippen LogP contribution < -0.4 is 5.32 Å². The molecule has 0 aliphatic heterocycles. The molecule has 0 radical (unpaired) electrons. The summed E-state index contributed by atoms with van der Waals surface area (Å²) >= 11 is 1.36. The van der Waals surface area contributed by atoms with Gasteiger partial charge in [0.15, 0.2) is 11.0 Å². The van der Waals surface area contributed by atoms with E-state index in [0.29, 0.717) is 11.7 Å². The number of anilines is 1. The third kappa shape index (κ3) is 5.06. The number of nitrogens with one attached hydrogen (secondary N) is 1. The first-order valence-electron chi connectivity index (χ1n) is 10.0. The van der Waals surface area contributed by atoms with Crippen molar-refractivity contribution in [2.75, 3.05) is 11.1 Å². The lowest BCUT2D eigenvalue weighted by atomic mass is 10.1. The molecule has 0 atom stereocenters. The molecular formula is C24H24N4O2S. The Balaban J connectivity index is 1.52. The number of thioether (sulfide) groups is 1. The number of carbonyl (C=O) groups excluding carboxylic acids is 1. The van der Waals surface area contributed by atoms with Crippen LogP contribution in [-0.2, 0) is 11.3 Å². The van der Waals surface area contributed by atoms with Crippen LogP contribution in [0.1, 0.15) is 22.5 Å². The van der Waals surface area contributed by atoms with Gasteiger partial charge >= 0.3 is 0 Å². The van der Waals surface area contributed by atoms with E-state index in [2.05, 4.69) is 15.5 Å². The number of benzene rings is 2. The molecule has 2 aromatic carbocycles. The van der Waals surface area contributed by atoms with Gasteiger partial charge in [0, 0.05) is 11.3 Å². The van der Waals surface area contributed by atoms with Crippen LogP contribution in [0.25, 0.3) is 11.4 Å². The molecule has 7 heteroatoms. The maximum absolute atomic E-state index is 12.5. The van der Waals surface area contributed by atoms with E-state index in [4.69, 9.17) is 4.42 Å². The number of aryl methyl sites for hydroxylation is 3. The number of hydrogen-bond donors (Lipinski definition) is 1. The number of nitrogens with zero attached hydrogens (tertiary/aromatic N) is 3. The molecule has 2 heterocycles. The molecule has 4 aromatic rings. The van der Waals surface area contributed by atoms with Crippen molar-refractivity contribution in [2.24, 2.45) is 0 Å². The highest BCUT2D eigenvalue weighted by Gasteiger charge is 2.17. The molecule has 0 aliphatic carbocycles. The fraction of sp³-hybridized carbons (Fsp3) is 0.208. The first kappa shape index (κ1) is 20.9. The van der Waals surface area contributed by atoms with Gasteiger partial charge in [-0.15, -0.1) is 10.2 Å². The topological polar surface area (TPSA) is 73.0 Å². The van der Waals surface area contributed by atoms with Crippen LogP contribution in [0.4, 0.5) is 5.69 Å². The Morgan fingerprint density at radius 2 is 1.84 bits per heavy atom. The van der Waals surface area contributed by atoms with E-state index >= 15 is 0 Å². The van der Waals surface area contributed by atoms with Gasteiger partial charge in [0.1, 0.15) is 5.76 Å². The highest BCUT2D eigenvalue weighted by molar-refractivity contribution is 7.99. The zero-order valence-electron chi connectivity index (χ0n) is 17.8. The van der Waals surface area contributed by atoms with Crippen LogP contribution >= 0.6 is 11.8 Å². The Labute approximate surface area is 185 Å². The minimum absolute atomic E-state index is 0.0855. The van der Waals surface area contributed by atoms with Crippen molar-refractivity contribution in [2.45, 2.75) is 32.5 Å². The molecule has 6 nitrogen and oxygen atoms in total. The molecule has 4 rings (SSSR count). The van der Waals surface area contributed by atoms with Crippen LogP contribution in [0.15, 0.2) is 70.4 Å². The molecule has 0 aliphatic rings. The lowest BCUT2D eigenvalue weighted by Crippen LogP contribution is -2.15. The van der Waals surface area contributed by atoms with Crippen molar-refractivity contribution in [1.29, 1.82) is 0 Å². The average Bonchev–Trinajstić information content (AvgIpc) is 3.40. The molecule has 31 heavy (non-hydrogen) atoms. The Hall–Kier alpha value is -3.32. The Morgan fingerprint density at radius 1 is 1.03 bits per heavy atom. The third-order valence-corrected chi connectivity index (χ3v) is 6.01. The zero-order valence-corrected chi connectivity index (χ0v) is 18.6. The summed E-state index contributed by atoms with van der Waals surface area (Å²) in [4.78, 5) is 12.5. The van der Waals surface area contributed by atoms with E-state index in [-0.39, 0.29) is 11.7 Å². The van der Waals surface area contributed by atoms with Crippen molar-refractivity contribution < 1.29 is 9.21 Å². The second-order valence-corrected chi connectivity index (χ2v) is 8.42. The number of rotatable bonds is 7. The molecule has 1 N–H and O–H groups in total. The van der Waals surface area contributed by atoms with Crippen molar-refractivity contribution in [3.8, 4) is 11.4 Å². The number of aromatic nitrogens is 3. The SMILES string of the molecule is Cc1ccc(-c2nnc(SCC(=O)Nc3ccc(C)c(C)c3)n2Cc2ccco2)cc1. The van der Waals surface area contributed by atoms with E-state index in [1.54, 1.807) is 6.26 Å². The van der Waals surface area contributed by atoms with E-state index in [9.17, 15) is 4.79 Å². The minimum Gasteiger partial charge on any atom is -0.467 e. The highest BCUT2D eigenvalue weighted by Crippen LogP contribution is 2.26. The molecule has 0 unspecified atom stereocenters. The van der Waals surface area contributed by atoms with Crippen molar-refractivity contribution >= 4 is 23.4 Å². The van der Waals surface area contributed by atoms with Gasteiger partial charge in [-0.3, -0.25) is 9.36 Å². The third-order valence-electron chi connectivity index (χ3n) is 5.04. The Morgan fingerprint density at radius 3 is 2.55 bits per heavy atom. The van der Waals surface area contributed by atoms with Gasteiger partial charge < -0.3 is 9.73 Å². The summed E-state index contributed by atoms with van der Waals surface area (Å²) in [6.07, 6.45) is 1.65. The largest absolute Gasteiger partial charge is 0.467 e. The first-order valence-corrected chi connectivity index (χ1v) is 11.0. The van der Waals surface area contributed by atoms with Gasteiger partial charge in [-0.25, -0.2) is 0 Å². The summed E-state index contributed by atoms with van der Waals surface area (Å²) < 4.78 is 7.52. The normalized spacial score (nSPS) is 10.9. The first-order chi connectivity index (χ1) is 15.0. The van der Waals surface area contributed by atoms with E-state index in [1.807, 2.05) is 79.9 Å². The number of amides is 1. The monoisotopic (exact) mass is 432 g/mol. The molecule has 2 aromatic heterocycles. The molecule has 158 valence electrons. The van der Waals surface area contributed by atoms with Gasteiger partial charge in [-0.05, 0) is 56.2 Å². The van der Waals surface area contributed by atoms with E-state index in [1.165, 1.54) is 22.9 Å². The summed E-state index contributed by atoms with van der Waals surface area (Å²) in [5.74, 6) is 1.69. The van der Waals surface area contributed by atoms with Crippen LogP contribution in [0.2, 0.25) is 0 Å². The average molecular weight is 433 g/mol. The van der Waals surface area contributed by atoms with Crippen LogP contribution in [0.3, 0.4) is 0 Å². The quantitative estimate of drug-likeness (QED) is 0.404. The molecule has 0 saturated heterocycles. The Bertz CT molecular complexity index is 1180. The number of furan rings is 1. The predicted octanol–water partition coefficient (Wildman–Crippen LogP) is 5.24. The second-order valence-electron chi connectivity index (χ2n) is 7.47. The number of hydrogen-bond acceptors (Lipinski definition) is 5. The lowest BCUT2D eigenvalue weighted by molar-refractivity contribution is -0.113. The fourth-order valence-electron chi connectivity index (χ4n) is 3.16. The summed E-state index contributed by atoms with van der Waals surface area (Å²) in [5, 5.41) is 12.4. The van der Waals surface area contributed by atoms with Crippen molar-refractivity contribution in [1.82, 2.24) is 14.8 Å². The predicted molar refractivity (Wildman–Crippen MR) is 123 cm³/mol. The summed E-state index contributed by atoms with van der Waals surface area (Å²) in [7, 11) is 0. The van der Waals surface area contributed by atoms with Gasteiger partial charge in [0.2, 0.25) is 5.91 Å². The van der Waals surface area contributed by atoms with E-state index in [0.717, 1.165) is 28.4 Å². The zero-order chi connectivity index (χ0) is 21.8. The smallest absolute Gasteiger partial charge is 0.234 e. The van der Waals surface area contributed by atoms with Gasteiger partial charge in [0.05, 0.1) is 18.6 Å². The van der Waals surface area contributed by atoms with Crippen molar-refractivity contribution in [3.05, 3.63) is 83.3 Å². The standard InChI is InChI=1S/C24H24N4O2S/c1-16-6-9-19(10-7-16)23-26-27-24(28(23)14-21-5-4-12-30-21)31-15-22(29)25-20-11-8-17(2)18(3)13-20/h4-13H,14-15H2,1-3H3,(H,25,29). The lowest BCUT2D eigenvalue weighted by Gasteiger charge is -2.10. The number of carbonyl (C=O) groups is 1. The second kappa shape index (κ2) is 9.22. The van der Waals surface area contributed by atoms with Gasteiger partial charge in [-0.2, -0.15) is 0 Å². The van der Waals surface area contributed by atoms with Crippen LogP contribution in [0, 0.1) is 20.8 Å². The van der Waals surface area contributed by atoms with Gasteiger partial charge in [0.25, 0.3) is 0 Å². The minimum atomic E-state index is -0.0855. The maximum atomic E-state index is 12.5. The molecule has 0 fully saturated rings. The van der Waals surface area contributed by atoms with Crippen molar-refractivity contribution in [3.63, 3.8) is 0 Å². The van der Waals surface area contributed by atoms with E-state index < -0.39 is 0 Å². The summed E-state index contributed by atoms with van der Waals surface area (Å²) in [5.41, 5.74) is 5.29. The fourth-order valence-corrected chi connectivity index (χ4v) is 3.90. The maximum Gasteiger partial charge on any atom is 0.234 e. The van der Waals surface area contributed by atoms with Gasteiger partial charge in [-0.1, -0.05) is 47.7 Å². The van der Waals surface area contributed by atoms with Crippen LogP contribution in [-0.4, -0.2) is 26.4 Å².